The summed E-state index contributed by atoms with van der Waals surface area (Å²) in [6.45, 7) is 2.13. The molecular formula is C17H21N3O4. The van der Waals surface area contributed by atoms with Crippen LogP contribution >= 0.6 is 0 Å². The molecule has 0 radical (unpaired) electrons. The third-order valence-corrected chi connectivity index (χ3v) is 4.24. The maximum atomic E-state index is 12.4. The number of hydrogen-bond acceptors (Lipinski definition) is 5. The molecule has 1 aliphatic rings. The number of alkyl carbamates (subject to hydrolysis) is 1. The van der Waals surface area contributed by atoms with Crippen molar-refractivity contribution < 1.29 is 19.1 Å². The summed E-state index contributed by atoms with van der Waals surface area (Å²) in [6.07, 6.45) is 4.15. The summed E-state index contributed by atoms with van der Waals surface area (Å²) in [4.78, 5) is 23.8. The third-order valence-electron chi connectivity index (χ3n) is 4.24. The van der Waals surface area contributed by atoms with E-state index in [-0.39, 0.29) is 24.2 Å². The number of esters is 1. The molecule has 0 bridgehead atoms. The van der Waals surface area contributed by atoms with E-state index in [1.807, 2.05) is 12.1 Å². The van der Waals surface area contributed by atoms with E-state index in [0.717, 1.165) is 31.1 Å². The largest absolute Gasteiger partial charge is 0.459 e. The van der Waals surface area contributed by atoms with Crippen molar-refractivity contribution in [1.82, 2.24) is 15.5 Å². The maximum Gasteiger partial charge on any atom is 0.407 e. The number of H-pyrrole nitrogens is 1. The highest BCUT2D eigenvalue weighted by molar-refractivity contribution is 6.02. The number of carbonyl (C=O) groups is 2. The number of carbonyl (C=O) groups excluding carboxylic acids is 2. The molecule has 0 saturated heterocycles. The highest BCUT2D eigenvalue weighted by Crippen LogP contribution is 2.24. The highest BCUT2D eigenvalue weighted by atomic mass is 16.5. The van der Waals surface area contributed by atoms with E-state index in [0.29, 0.717) is 17.7 Å². The monoisotopic (exact) mass is 331 g/mol. The van der Waals surface area contributed by atoms with E-state index >= 15 is 0 Å². The number of nitrogens with one attached hydrogen (secondary N) is 2. The van der Waals surface area contributed by atoms with Gasteiger partial charge in [0.05, 0.1) is 23.9 Å². The van der Waals surface area contributed by atoms with Crippen molar-refractivity contribution in [1.29, 1.82) is 0 Å². The van der Waals surface area contributed by atoms with Crippen molar-refractivity contribution in [2.75, 3.05) is 6.61 Å². The van der Waals surface area contributed by atoms with E-state index in [9.17, 15) is 9.59 Å². The molecule has 1 aromatic heterocycles. The lowest BCUT2D eigenvalue weighted by Gasteiger charge is -2.28. The summed E-state index contributed by atoms with van der Waals surface area (Å²) < 4.78 is 10.5. The number of nitrogens with zero attached hydrogens (tertiary/aromatic N) is 1. The minimum absolute atomic E-state index is 0.0787. The Morgan fingerprint density at radius 3 is 2.83 bits per heavy atom. The smallest absolute Gasteiger partial charge is 0.407 e. The molecule has 2 N–H and O–H groups in total. The van der Waals surface area contributed by atoms with Gasteiger partial charge in [-0.25, -0.2) is 9.59 Å². The maximum absolute atomic E-state index is 12.4. The van der Waals surface area contributed by atoms with Gasteiger partial charge in [0.15, 0.2) is 0 Å². The first-order valence-electron chi connectivity index (χ1n) is 8.23. The Bertz CT molecular complexity index is 719. The molecule has 0 aliphatic heterocycles. The molecule has 1 aliphatic carbocycles. The zero-order valence-corrected chi connectivity index (χ0v) is 13.6. The van der Waals surface area contributed by atoms with Gasteiger partial charge in [0.1, 0.15) is 6.10 Å². The van der Waals surface area contributed by atoms with Gasteiger partial charge in [-0.1, -0.05) is 12.1 Å². The van der Waals surface area contributed by atoms with Crippen molar-refractivity contribution in [3.05, 3.63) is 30.0 Å². The summed E-state index contributed by atoms with van der Waals surface area (Å²) in [5.74, 6) is -0.341. The average molecular weight is 331 g/mol. The number of fused-ring (bicyclic) bond motifs is 1. The van der Waals surface area contributed by atoms with E-state index < -0.39 is 0 Å². The van der Waals surface area contributed by atoms with Crippen LogP contribution in [0.15, 0.2) is 24.4 Å². The number of benzene rings is 1. The first-order chi connectivity index (χ1) is 11.7. The number of para-hydroxylation sites is 1. The quantitative estimate of drug-likeness (QED) is 0.840. The van der Waals surface area contributed by atoms with Gasteiger partial charge in [-0.15, -0.1) is 0 Å². The van der Waals surface area contributed by atoms with E-state index in [2.05, 4.69) is 15.5 Å². The van der Waals surface area contributed by atoms with Crippen molar-refractivity contribution >= 4 is 23.0 Å². The minimum atomic E-state index is -0.385. The van der Waals surface area contributed by atoms with Crippen LogP contribution in [0.4, 0.5) is 4.79 Å². The Kier molecular flexibility index (Phi) is 4.98. The second-order valence-electron chi connectivity index (χ2n) is 5.88. The van der Waals surface area contributed by atoms with E-state index in [1.54, 1.807) is 19.2 Å². The van der Waals surface area contributed by atoms with Crippen LogP contribution in [0, 0.1) is 0 Å². The van der Waals surface area contributed by atoms with Crippen LogP contribution in [0.3, 0.4) is 0 Å². The van der Waals surface area contributed by atoms with Gasteiger partial charge in [-0.3, -0.25) is 5.10 Å². The fourth-order valence-electron chi connectivity index (χ4n) is 3.02. The zero-order valence-electron chi connectivity index (χ0n) is 13.6. The van der Waals surface area contributed by atoms with Gasteiger partial charge in [0.25, 0.3) is 0 Å². The van der Waals surface area contributed by atoms with E-state index in [4.69, 9.17) is 9.47 Å². The Labute approximate surface area is 139 Å². The Morgan fingerprint density at radius 1 is 1.29 bits per heavy atom. The normalized spacial score (nSPS) is 20.5. The molecule has 0 atom stereocenters. The molecule has 128 valence electrons. The Morgan fingerprint density at radius 2 is 2.08 bits per heavy atom. The topological polar surface area (TPSA) is 93.3 Å². The van der Waals surface area contributed by atoms with Gasteiger partial charge in [0, 0.05) is 11.4 Å². The van der Waals surface area contributed by atoms with Gasteiger partial charge in [-0.05, 0) is 38.7 Å². The van der Waals surface area contributed by atoms with Crippen LogP contribution in [0.5, 0.6) is 0 Å². The summed E-state index contributed by atoms with van der Waals surface area (Å²) in [5, 5.41) is 10.5. The van der Waals surface area contributed by atoms with Crippen LogP contribution in [0.1, 0.15) is 43.0 Å². The first kappa shape index (κ1) is 16.3. The average Bonchev–Trinajstić information content (AvgIpc) is 3.05. The Hall–Kier alpha value is -2.57. The number of aromatic nitrogens is 2. The number of hydrogen-bond donors (Lipinski definition) is 2. The zero-order chi connectivity index (χ0) is 16.9. The molecule has 2 aromatic rings. The molecule has 24 heavy (non-hydrogen) atoms. The van der Waals surface area contributed by atoms with Crippen molar-refractivity contribution in [2.45, 2.75) is 44.8 Å². The molecular weight excluding hydrogens is 310 g/mol. The van der Waals surface area contributed by atoms with Gasteiger partial charge < -0.3 is 14.8 Å². The van der Waals surface area contributed by atoms with Crippen LogP contribution in [-0.2, 0) is 9.47 Å². The molecule has 1 fully saturated rings. The SMILES string of the molecule is CCOC(=O)NC1CCC(OC(=O)c2cccc3cn[nH]c23)CC1. The highest BCUT2D eigenvalue weighted by Gasteiger charge is 2.26. The standard InChI is InChI=1S/C17H21N3O4/c1-2-23-17(22)19-12-6-8-13(9-7-12)24-16(21)14-5-3-4-11-10-18-20-15(11)14/h3-5,10,12-13H,2,6-9H2,1H3,(H,18,20)(H,19,22). The van der Waals surface area contributed by atoms with Crippen molar-refractivity contribution in [3.8, 4) is 0 Å². The van der Waals surface area contributed by atoms with Crippen molar-refractivity contribution in [3.63, 3.8) is 0 Å². The van der Waals surface area contributed by atoms with Crippen LogP contribution < -0.4 is 5.32 Å². The molecule has 7 heteroatoms. The van der Waals surface area contributed by atoms with Gasteiger partial charge in [0.2, 0.25) is 0 Å². The predicted molar refractivity (Wildman–Crippen MR) is 87.7 cm³/mol. The number of aromatic amines is 1. The van der Waals surface area contributed by atoms with Crippen LogP contribution in [0.2, 0.25) is 0 Å². The summed E-state index contributed by atoms with van der Waals surface area (Å²) in [6, 6.07) is 5.52. The lowest BCUT2D eigenvalue weighted by molar-refractivity contribution is 0.0185. The molecule has 0 spiro atoms. The van der Waals surface area contributed by atoms with Crippen LogP contribution in [0.25, 0.3) is 10.9 Å². The van der Waals surface area contributed by atoms with Crippen molar-refractivity contribution in [2.24, 2.45) is 0 Å². The molecule has 0 unspecified atom stereocenters. The Balaban J connectivity index is 1.53. The molecule has 1 amide bonds. The molecule has 7 nitrogen and oxygen atoms in total. The fraction of sp³-hybridized carbons (Fsp3) is 0.471. The summed E-state index contributed by atoms with van der Waals surface area (Å²) in [5.41, 5.74) is 1.19. The van der Waals surface area contributed by atoms with Crippen LogP contribution in [-0.4, -0.2) is 41.0 Å². The molecule has 1 aromatic carbocycles. The molecule has 3 rings (SSSR count). The lowest BCUT2D eigenvalue weighted by Crippen LogP contribution is -2.39. The number of amides is 1. The molecule has 1 saturated carbocycles. The van der Waals surface area contributed by atoms with Gasteiger partial charge >= 0.3 is 12.1 Å². The van der Waals surface area contributed by atoms with Gasteiger partial charge in [-0.2, -0.15) is 5.10 Å². The number of ether oxygens (including phenoxy) is 2. The fourth-order valence-corrected chi connectivity index (χ4v) is 3.02. The predicted octanol–water partition coefficient (Wildman–Crippen LogP) is 2.78. The van der Waals surface area contributed by atoms with E-state index in [1.165, 1.54) is 0 Å². The molecule has 1 heterocycles. The summed E-state index contributed by atoms with van der Waals surface area (Å²) in [7, 11) is 0. The summed E-state index contributed by atoms with van der Waals surface area (Å²) >= 11 is 0. The lowest BCUT2D eigenvalue weighted by atomic mass is 9.93. The first-order valence-corrected chi connectivity index (χ1v) is 8.23. The number of rotatable bonds is 4. The minimum Gasteiger partial charge on any atom is -0.459 e. The second-order valence-corrected chi connectivity index (χ2v) is 5.88. The second kappa shape index (κ2) is 7.33. The third kappa shape index (κ3) is 3.67.